The molecule has 1 aliphatic rings. The molecule has 17 heavy (non-hydrogen) atoms. The van der Waals surface area contributed by atoms with Crippen LogP contribution in [0.15, 0.2) is 0 Å². The summed E-state index contributed by atoms with van der Waals surface area (Å²) in [7, 11) is 1.30. The normalized spacial score (nSPS) is 14.2. The number of esters is 1. The van der Waals surface area contributed by atoms with Crippen LogP contribution >= 0.6 is 0 Å². The summed E-state index contributed by atoms with van der Waals surface area (Å²) in [5.74, 6) is -0.657. The number of anilines is 1. The average Bonchev–Trinajstić information content (AvgIpc) is 2.36. The number of carbonyl (C=O) groups excluding carboxylic acids is 1. The summed E-state index contributed by atoms with van der Waals surface area (Å²) in [6.07, 6.45) is 3.96. The summed E-state index contributed by atoms with van der Waals surface area (Å²) in [4.78, 5) is 11.7. The number of nitrogens with two attached hydrogens (primary N) is 1. The van der Waals surface area contributed by atoms with E-state index in [9.17, 15) is 9.90 Å². The zero-order chi connectivity index (χ0) is 12.6. The second kappa shape index (κ2) is 4.28. The van der Waals surface area contributed by atoms with Gasteiger partial charge in [-0.05, 0) is 49.3 Å². The van der Waals surface area contributed by atoms with Crippen LogP contribution < -0.4 is 5.73 Å². The largest absolute Gasteiger partial charge is 0.505 e. The summed E-state index contributed by atoms with van der Waals surface area (Å²) in [5, 5.41) is 10.0. The number of hydrogen-bond acceptors (Lipinski definition) is 4. The maximum atomic E-state index is 11.7. The lowest BCUT2D eigenvalue weighted by Gasteiger charge is -2.23. The molecule has 0 saturated carbocycles. The molecule has 1 aromatic rings. The quantitative estimate of drug-likeness (QED) is 0.443. The SMILES string of the molecule is COC(=O)c1c(C)c2c(c(N)c1O)CCCC2. The second-order valence-corrected chi connectivity index (χ2v) is 4.42. The van der Waals surface area contributed by atoms with Gasteiger partial charge in [-0.2, -0.15) is 0 Å². The lowest BCUT2D eigenvalue weighted by Crippen LogP contribution is -2.14. The first-order valence-corrected chi connectivity index (χ1v) is 5.79. The molecule has 0 bridgehead atoms. The van der Waals surface area contributed by atoms with Crippen LogP contribution in [0.1, 0.15) is 39.9 Å². The standard InChI is InChI=1S/C13H17NO3/c1-7-8-5-3-4-6-9(8)11(14)12(15)10(7)13(16)17-2/h15H,3-6,14H2,1-2H3. The first kappa shape index (κ1) is 11.8. The van der Waals surface area contributed by atoms with Crippen LogP contribution in [0.2, 0.25) is 0 Å². The Kier molecular flexibility index (Phi) is 2.96. The van der Waals surface area contributed by atoms with Gasteiger partial charge in [0, 0.05) is 0 Å². The first-order chi connectivity index (χ1) is 8.07. The highest BCUT2D eigenvalue weighted by atomic mass is 16.5. The van der Waals surface area contributed by atoms with Crippen LogP contribution in [0.25, 0.3) is 0 Å². The number of carbonyl (C=O) groups is 1. The van der Waals surface area contributed by atoms with Gasteiger partial charge in [0.1, 0.15) is 5.56 Å². The van der Waals surface area contributed by atoms with Crippen LogP contribution in [-0.2, 0) is 17.6 Å². The molecule has 0 radical (unpaired) electrons. The van der Waals surface area contributed by atoms with Gasteiger partial charge in [0.15, 0.2) is 5.75 Å². The minimum Gasteiger partial charge on any atom is -0.505 e. The molecule has 0 saturated heterocycles. The lowest BCUT2D eigenvalue weighted by molar-refractivity contribution is 0.0596. The number of methoxy groups -OCH3 is 1. The second-order valence-electron chi connectivity index (χ2n) is 4.42. The topological polar surface area (TPSA) is 72.5 Å². The molecule has 0 aromatic heterocycles. The number of aromatic hydroxyl groups is 1. The fourth-order valence-corrected chi connectivity index (χ4v) is 2.57. The predicted octanol–water partition coefficient (Wildman–Crippen LogP) is 1.95. The number of fused-ring (bicyclic) bond motifs is 1. The zero-order valence-corrected chi connectivity index (χ0v) is 10.2. The van der Waals surface area contributed by atoms with E-state index in [1.807, 2.05) is 6.92 Å². The number of hydrogen-bond donors (Lipinski definition) is 2. The predicted molar refractivity (Wildman–Crippen MR) is 65.2 cm³/mol. The number of phenols is 1. The van der Waals surface area contributed by atoms with E-state index in [0.717, 1.165) is 42.4 Å². The number of phenolic OH excluding ortho intramolecular Hbond substituents is 1. The summed E-state index contributed by atoms with van der Waals surface area (Å²) >= 11 is 0. The number of nitrogen functional groups attached to an aromatic ring is 1. The molecule has 0 fully saturated rings. The van der Waals surface area contributed by atoms with Crippen molar-refractivity contribution in [3.05, 3.63) is 22.3 Å². The molecule has 4 heteroatoms. The lowest BCUT2D eigenvalue weighted by atomic mass is 9.84. The average molecular weight is 235 g/mol. The third-order valence-corrected chi connectivity index (χ3v) is 3.50. The van der Waals surface area contributed by atoms with E-state index in [1.165, 1.54) is 7.11 Å². The highest BCUT2D eigenvalue weighted by molar-refractivity contribution is 5.97. The van der Waals surface area contributed by atoms with Gasteiger partial charge in [0.05, 0.1) is 12.8 Å². The van der Waals surface area contributed by atoms with Gasteiger partial charge < -0.3 is 15.6 Å². The Labute approximate surface area is 100 Å². The monoisotopic (exact) mass is 235 g/mol. The van der Waals surface area contributed by atoms with E-state index in [0.29, 0.717) is 5.69 Å². The summed E-state index contributed by atoms with van der Waals surface area (Å²) in [6, 6.07) is 0. The first-order valence-electron chi connectivity index (χ1n) is 5.79. The Morgan fingerprint density at radius 3 is 2.47 bits per heavy atom. The zero-order valence-electron chi connectivity index (χ0n) is 10.2. The molecule has 2 rings (SSSR count). The maximum Gasteiger partial charge on any atom is 0.342 e. The van der Waals surface area contributed by atoms with Crippen molar-refractivity contribution < 1.29 is 14.6 Å². The molecule has 0 unspecified atom stereocenters. The van der Waals surface area contributed by atoms with Crippen molar-refractivity contribution in [1.29, 1.82) is 0 Å². The van der Waals surface area contributed by atoms with Crippen molar-refractivity contribution in [3.8, 4) is 5.75 Å². The van der Waals surface area contributed by atoms with E-state index in [2.05, 4.69) is 4.74 Å². The Balaban J connectivity index is 2.70. The van der Waals surface area contributed by atoms with Gasteiger partial charge in [0.2, 0.25) is 0 Å². The Morgan fingerprint density at radius 2 is 1.88 bits per heavy atom. The molecule has 3 N–H and O–H groups in total. The summed E-state index contributed by atoms with van der Waals surface area (Å²) < 4.78 is 4.69. The maximum absolute atomic E-state index is 11.7. The number of benzene rings is 1. The summed E-state index contributed by atoms with van der Waals surface area (Å²) in [6.45, 7) is 1.84. The molecular formula is C13H17NO3. The van der Waals surface area contributed by atoms with Crippen LogP contribution in [0.4, 0.5) is 5.69 Å². The third-order valence-electron chi connectivity index (χ3n) is 3.50. The summed E-state index contributed by atoms with van der Waals surface area (Å²) in [5.41, 5.74) is 9.37. The molecular weight excluding hydrogens is 218 g/mol. The van der Waals surface area contributed by atoms with Crippen molar-refractivity contribution in [2.75, 3.05) is 12.8 Å². The van der Waals surface area contributed by atoms with Gasteiger partial charge in [-0.1, -0.05) is 0 Å². The van der Waals surface area contributed by atoms with E-state index >= 15 is 0 Å². The molecule has 0 amide bonds. The molecule has 0 heterocycles. The molecule has 0 aliphatic heterocycles. The fraction of sp³-hybridized carbons (Fsp3) is 0.462. The number of rotatable bonds is 1. The smallest absolute Gasteiger partial charge is 0.342 e. The van der Waals surface area contributed by atoms with Gasteiger partial charge in [-0.3, -0.25) is 0 Å². The molecule has 1 aliphatic carbocycles. The van der Waals surface area contributed by atoms with Crippen molar-refractivity contribution in [3.63, 3.8) is 0 Å². The molecule has 92 valence electrons. The number of ether oxygens (including phenoxy) is 1. The Hall–Kier alpha value is -1.71. The van der Waals surface area contributed by atoms with Gasteiger partial charge in [-0.15, -0.1) is 0 Å². The molecule has 0 spiro atoms. The molecule has 1 aromatic carbocycles. The fourth-order valence-electron chi connectivity index (χ4n) is 2.57. The van der Waals surface area contributed by atoms with Crippen LogP contribution in [0.5, 0.6) is 5.75 Å². The van der Waals surface area contributed by atoms with Crippen molar-refractivity contribution in [1.82, 2.24) is 0 Å². The van der Waals surface area contributed by atoms with Gasteiger partial charge >= 0.3 is 5.97 Å². The van der Waals surface area contributed by atoms with E-state index < -0.39 is 5.97 Å². The molecule has 4 nitrogen and oxygen atoms in total. The van der Waals surface area contributed by atoms with Crippen molar-refractivity contribution >= 4 is 11.7 Å². The van der Waals surface area contributed by atoms with Crippen molar-refractivity contribution in [2.24, 2.45) is 0 Å². The van der Waals surface area contributed by atoms with Crippen LogP contribution in [-0.4, -0.2) is 18.2 Å². The van der Waals surface area contributed by atoms with E-state index in [1.54, 1.807) is 0 Å². The van der Waals surface area contributed by atoms with Crippen LogP contribution in [0, 0.1) is 6.92 Å². The van der Waals surface area contributed by atoms with E-state index in [-0.39, 0.29) is 11.3 Å². The Morgan fingerprint density at radius 1 is 1.29 bits per heavy atom. The van der Waals surface area contributed by atoms with Crippen LogP contribution in [0.3, 0.4) is 0 Å². The minimum absolute atomic E-state index is 0.130. The highest BCUT2D eigenvalue weighted by Crippen LogP contribution is 2.39. The molecule has 0 atom stereocenters. The Bertz CT molecular complexity index is 480. The van der Waals surface area contributed by atoms with Gasteiger partial charge in [-0.25, -0.2) is 4.79 Å². The minimum atomic E-state index is -0.528. The van der Waals surface area contributed by atoms with Crippen molar-refractivity contribution in [2.45, 2.75) is 32.6 Å². The third kappa shape index (κ3) is 1.73. The highest BCUT2D eigenvalue weighted by Gasteiger charge is 2.25. The van der Waals surface area contributed by atoms with Gasteiger partial charge in [0.25, 0.3) is 0 Å². The van der Waals surface area contributed by atoms with E-state index in [4.69, 9.17) is 5.73 Å².